The van der Waals surface area contributed by atoms with E-state index >= 15 is 0 Å². The predicted molar refractivity (Wildman–Crippen MR) is 62.6 cm³/mol. The number of nitrogens with one attached hydrogen (secondary N) is 2. The van der Waals surface area contributed by atoms with E-state index in [0.29, 0.717) is 5.69 Å². The molecule has 88 valence electrons. The zero-order chi connectivity index (χ0) is 12.4. The topological polar surface area (TPSA) is 95.1 Å². The molecule has 0 fully saturated rings. The second-order valence-corrected chi connectivity index (χ2v) is 4.23. The monoisotopic (exact) mass is 251 g/mol. The summed E-state index contributed by atoms with van der Waals surface area (Å²) in [6.45, 7) is 1.74. The molecule has 0 aliphatic rings. The molecule has 3 N–H and O–H groups in total. The number of hydrogen-bond acceptors (Lipinski definition) is 4. The molecule has 17 heavy (non-hydrogen) atoms. The number of hydrogen-bond donors (Lipinski definition) is 3. The molecule has 2 aromatic rings. The fourth-order valence-corrected chi connectivity index (χ4v) is 2.16. The summed E-state index contributed by atoms with van der Waals surface area (Å²) in [4.78, 5) is 29.2. The van der Waals surface area contributed by atoms with Crippen molar-refractivity contribution in [1.29, 1.82) is 0 Å². The van der Waals surface area contributed by atoms with Crippen molar-refractivity contribution in [2.45, 2.75) is 6.92 Å². The molecule has 0 bridgehead atoms. The van der Waals surface area contributed by atoms with Crippen LogP contribution in [0.3, 0.4) is 0 Å². The SMILES string of the molecule is Cc1csc(C(=O)O)c1NC(=O)c1cnc[nH]1. The van der Waals surface area contributed by atoms with E-state index in [2.05, 4.69) is 15.3 Å². The van der Waals surface area contributed by atoms with Crippen molar-refractivity contribution in [2.75, 3.05) is 5.32 Å². The summed E-state index contributed by atoms with van der Waals surface area (Å²) in [5.41, 5.74) is 1.34. The molecule has 0 radical (unpaired) electrons. The van der Waals surface area contributed by atoms with Crippen molar-refractivity contribution in [3.05, 3.63) is 34.0 Å². The number of anilines is 1. The minimum atomic E-state index is -1.05. The molecule has 0 spiro atoms. The van der Waals surface area contributed by atoms with Crippen molar-refractivity contribution in [1.82, 2.24) is 9.97 Å². The van der Waals surface area contributed by atoms with Crippen molar-refractivity contribution in [3.63, 3.8) is 0 Å². The van der Waals surface area contributed by atoms with E-state index in [1.807, 2.05) is 0 Å². The molecule has 0 aliphatic heterocycles. The fraction of sp³-hybridized carbons (Fsp3) is 0.100. The summed E-state index contributed by atoms with van der Waals surface area (Å²) in [6.07, 6.45) is 2.75. The predicted octanol–water partition coefficient (Wildman–Crippen LogP) is 1.73. The molecule has 7 heteroatoms. The maximum absolute atomic E-state index is 11.7. The van der Waals surface area contributed by atoms with E-state index in [1.54, 1.807) is 12.3 Å². The van der Waals surface area contributed by atoms with Gasteiger partial charge in [0.25, 0.3) is 5.91 Å². The third-order valence-corrected chi connectivity index (χ3v) is 3.24. The summed E-state index contributed by atoms with van der Waals surface area (Å²) in [5.74, 6) is -1.46. The molecular formula is C10H9N3O3S. The second kappa shape index (κ2) is 4.38. The number of aromatic amines is 1. The smallest absolute Gasteiger partial charge is 0.348 e. The van der Waals surface area contributed by atoms with E-state index < -0.39 is 11.9 Å². The summed E-state index contributed by atoms with van der Waals surface area (Å²) in [5, 5.41) is 13.2. The molecule has 6 nitrogen and oxygen atoms in total. The highest BCUT2D eigenvalue weighted by Gasteiger charge is 2.18. The van der Waals surface area contributed by atoms with Crippen molar-refractivity contribution in [3.8, 4) is 0 Å². The van der Waals surface area contributed by atoms with Gasteiger partial charge < -0.3 is 15.4 Å². The van der Waals surface area contributed by atoms with E-state index in [4.69, 9.17) is 5.11 Å². The van der Waals surface area contributed by atoms with E-state index in [0.717, 1.165) is 16.9 Å². The van der Waals surface area contributed by atoms with Gasteiger partial charge in [-0.3, -0.25) is 4.79 Å². The maximum Gasteiger partial charge on any atom is 0.348 e. The molecule has 0 unspecified atom stereocenters. The van der Waals surface area contributed by atoms with Gasteiger partial charge in [0.05, 0.1) is 18.2 Å². The zero-order valence-corrected chi connectivity index (χ0v) is 9.67. The highest BCUT2D eigenvalue weighted by Crippen LogP contribution is 2.27. The van der Waals surface area contributed by atoms with Crippen LogP contribution in [-0.4, -0.2) is 27.0 Å². The molecule has 0 saturated heterocycles. The minimum Gasteiger partial charge on any atom is -0.477 e. The average Bonchev–Trinajstić information content (AvgIpc) is 2.89. The fourth-order valence-electron chi connectivity index (χ4n) is 1.32. The van der Waals surface area contributed by atoms with Crippen LogP contribution in [0.5, 0.6) is 0 Å². The third kappa shape index (κ3) is 2.18. The van der Waals surface area contributed by atoms with Crippen LogP contribution in [0.2, 0.25) is 0 Å². The number of carboxylic acid groups (broad SMARTS) is 1. The molecule has 2 aromatic heterocycles. The largest absolute Gasteiger partial charge is 0.477 e. The lowest BCUT2D eigenvalue weighted by molar-refractivity contribution is 0.0703. The molecule has 0 aromatic carbocycles. The third-order valence-electron chi connectivity index (χ3n) is 2.15. The highest BCUT2D eigenvalue weighted by molar-refractivity contribution is 7.12. The van der Waals surface area contributed by atoms with Gasteiger partial charge in [-0.05, 0) is 17.9 Å². The molecule has 2 rings (SSSR count). The Kier molecular flexibility index (Phi) is 2.92. The highest BCUT2D eigenvalue weighted by atomic mass is 32.1. The van der Waals surface area contributed by atoms with Gasteiger partial charge in [-0.2, -0.15) is 0 Å². The lowest BCUT2D eigenvalue weighted by Gasteiger charge is -2.04. The Balaban J connectivity index is 2.27. The van der Waals surface area contributed by atoms with E-state index in [-0.39, 0.29) is 10.6 Å². The summed E-state index contributed by atoms with van der Waals surface area (Å²) < 4.78 is 0. The first-order chi connectivity index (χ1) is 8.09. The Morgan fingerprint density at radius 3 is 2.88 bits per heavy atom. The average molecular weight is 251 g/mol. The number of amides is 1. The molecule has 0 atom stereocenters. The number of carbonyl (C=O) groups is 2. The van der Waals surface area contributed by atoms with Gasteiger partial charge in [-0.15, -0.1) is 11.3 Å². The number of aromatic carboxylic acids is 1. The molecular weight excluding hydrogens is 242 g/mol. The first-order valence-electron chi connectivity index (χ1n) is 4.70. The van der Waals surface area contributed by atoms with Crippen LogP contribution in [0.1, 0.15) is 25.7 Å². The van der Waals surface area contributed by atoms with Crippen molar-refractivity contribution in [2.24, 2.45) is 0 Å². The Morgan fingerprint density at radius 2 is 2.29 bits per heavy atom. The van der Waals surface area contributed by atoms with Gasteiger partial charge in [0.2, 0.25) is 0 Å². The normalized spacial score (nSPS) is 10.2. The number of carbonyl (C=O) groups excluding carboxylic acids is 1. The number of imidazole rings is 1. The standard InChI is InChI=1S/C10H9N3O3S/c1-5-3-17-8(10(15)16)7(5)13-9(14)6-2-11-4-12-6/h2-4H,1H3,(H,11,12)(H,13,14)(H,15,16). The van der Waals surface area contributed by atoms with E-state index in [1.165, 1.54) is 12.5 Å². The van der Waals surface area contributed by atoms with Crippen LogP contribution in [0.25, 0.3) is 0 Å². The zero-order valence-electron chi connectivity index (χ0n) is 8.85. The maximum atomic E-state index is 11.7. The van der Waals surface area contributed by atoms with Gasteiger partial charge in [0.15, 0.2) is 0 Å². The minimum absolute atomic E-state index is 0.121. The van der Waals surface area contributed by atoms with Gasteiger partial charge in [0, 0.05) is 0 Å². The molecule has 1 amide bonds. The lowest BCUT2D eigenvalue weighted by atomic mass is 10.2. The number of nitrogens with zero attached hydrogens (tertiary/aromatic N) is 1. The summed E-state index contributed by atoms with van der Waals surface area (Å²) in [7, 11) is 0. The molecule has 0 saturated carbocycles. The number of rotatable bonds is 3. The van der Waals surface area contributed by atoms with E-state index in [9.17, 15) is 9.59 Å². The van der Waals surface area contributed by atoms with Gasteiger partial charge in [-0.1, -0.05) is 0 Å². The Labute approximate surface area is 100 Å². The number of thiophene rings is 1. The second-order valence-electron chi connectivity index (χ2n) is 3.35. The van der Waals surface area contributed by atoms with Crippen LogP contribution in [0.15, 0.2) is 17.9 Å². The summed E-state index contributed by atoms with van der Waals surface area (Å²) in [6, 6.07) is 0. The number of carboxylic acids is 1. The van der Waals surface area contributed by atoms with Crippen molar-refractivity contribution < 1.29 is 14.7 Å². The number of aromatic nitrogens is 2. The quantitative estimate of drug-likeness (QED) is 0.774. The Hall–Kier alpha value is -2.15. The first kappa shape index (κ1) is 11.3. The van der Waals surface area contributed by atoms with Gasteiger partial charge in [-0.25, -0.2) is 9.78 Å². The van der Waals surface area contributed by atoms with Crippen molar-refractivity contribution >= 4 is 28.9 Å². The number of aryl methyl sites for hydroxylation is 1. The van der Waals surface area contributed by atoms with Crippen LogP contribution < -0.4 is 5.32 Å². The van der Waals surface area contributed by atoms with Gasteiger partial charge in [0.1, 0.15) is 10.6 Å². The summed E-state index contributed by atoms with van der Waals surface area (Å²) >= 11 is 1.08. The van der Waals surface area contributed by atoms with Crippen LogP contribution >= 0.6 is 11.3 Å². The number of H-pyrrole nitrogens is 1. The van der Waals surface area contributed by atoms with Gasteiger partial charge >= 0.3 is 5.97 Å². The van der Waals surface area contributed by atoms with Crippen LogP contribution in [0.4, 0.5) is 5.69 Å². The molecule has 0 aliphatic carbocycles. The van der Waals surface area contributed by atoms with Crippen LogP contribution in [-0.2, 0) is 0 Å². The van der Waals surface area contributed by atoms with Crippen LogP contribution in [0, 0.1) is 6.92 Å². The molecule has 2 heterocycles. The Morgan fingerprint density at radius 1 is 1.53 bits per heavy atom. The Bertz CT molecular complexity index is 559. The lowest BCUT2D eigenvalue weighted by Crippen LogP contribution is -2.14. The first-order valence-corrected chi connectivity index (χ1v) is 5.58.